The zero-order valence-corrected chi connectivity index (χ0v) is 25.0. The molecule has 0 bridgehead atoms. The van der Waals surface area contributed by atoms with Crippen molar-refractivity contribution in [1.29, 1.82) is 0 Å². The average molecular weight is 597 g/mol. The lowest BCUT2D eigenvalue weighted by molar-refractivity contribution is -0.132. The van der Waals surface area contributed by atoms with Crippen LogP contribution in [0.1, 0.15) is 50.4 Å². The molecule has 1 aliphatic heterocycles. The second kappa shape index (κ2) is 11.5. The van der Waals surface area contributed by atoms with Crippen LogP contribution in [-0.4, -0.2) is 36.9 Å². The highest BCUT2D eigenvalue weighted by molar-refractivity contribution is 6.52. The number of methoxy groups -OCH3 is 2. The average Bonchev–Trinajstić information content (AvgIpc) is 3.18. The lowest BCUT2D eigenvalue weighted by atomic mass is 9.85. The number of ketones is 1. The number of amides is 2. The lowest BCUT2D eigenvalue weighted by Gasteiger charge is -2.27. The molecule has 10 heteroatoms. The highest BCUT2D eigenvalue weighted by Crippen LogP contribution is 2.48. The van der Waals surface area contributed by atoms with E-state index in [-0.39, 0.29) is 44.0 Å². The van der Waals surface area contributed by atoms with Crippen LogP contribution in [-0.2, 0) is 19.8 Å². The van der Waals surface area contributed by atoms with E-state index in [1.54, 1.807) is 24.3 Å². The summed E-state index contributed by atoms with van der Waals surface area (Å²) in [7, 11) is 2.74. The number of Topliss-reactive ketones (excluding diaryl/α,β-unsaturated/α-hetero) is 1. The Hall–Kier alpha value is -4.01. The van der Waals surface area contributed by atoms with Crippen LogP contribution in [0.15, 0.2) is 60.2 Å². The quantitative estimate of drug-likeness (QED) is 0.182. The Morgan fingerprint density at radius 3 is 2.05 bits per heavy atom. The smallest absolute Gasteiger partial charge is 0.300 e. The number of carbonyl (C=O) groups is 3. The number of rotatable bonds is 6. The van der Waals surface area contributed by atoms with Crippen molar-refractivity contribution in [2.75, 3.05) is 24.4 Å². The number of nitrogens with one attached hydrogen (secondary N) is 1. The van der Waals surface area contributed by atoms with Crippen LogP contribution in [0, 0.1) is 0 Å². The third-order valence-corrected chi connectivity index (χ3v) is 7.42. The molecule has 3 aromatic carbocycles. The molecule has 3 aromatic rings. The van der Waals surface area contributed by atoms with E-state index in [2.05, 4.69) is 26.1 Å². The van der Waals surface area contributed by atoms with Crippen molar-refractivity contribution in [3.63, 3.8) is 0 Å². The molecule has 0 aliphatic carbocycles. The Labute approximate surface area is 248 Å². The summed E-state index contributed by atoms with van der Waals surface area (Å²) in [5.41, 5.74) is 2.28. The molecule has 0 spiro atoms. The van der Waals surface area contributed by atoms with Gasteiger partial charge in [-0.3, -0.25) is 19.3 Å². The molecular formula is C31H30Cl2N2O6. The maximum absolute atomic E-state index is 13.6. The van der Waals surface area contributed by atoms with Crippen molar-refractivity contribution in [1.82, 2.24) is 0 Å². The van der Waals surface area contributed by atoms with Gasteiger partial charge in [0.25, 0.3) is 11.7 Å². The zero-order chi connectivity index (χ0) is 30.2. The minimum atomic E-state index is -1.00. The van der Waals surface area contributed by atoms with Gasteiger partial charge in [-0.2, -0.15) is 0 Å². The lowest BCUT2D eigenvalue weighted by Crippen LogP contribution is -2.29. The minimum Gasteiger partial charge on any atom is -0.507 e. The maximum Gasteiger partial charge on any atom is 0.300 e. The summed E-state index contributed by atoms with van der Waals surface area (Å²) in [5, 5.41) is 14.4. The molecule has 4 rings (SSSR count). The van der Waals surface area contributed by atoms with Crippen molar-refractivity contribution in [2.24, 2.45) is 0 Å². The van der Waals surface area contributed by atoms with E-state index in [1.807, 2.05) is 24.3 Å². The predicted octanol–water partition coefficient (Wildman–Crippen LogP) is 6.89. The van der Waals surface area contributed by atoms with E-state index >= 15 is 0 Å². The molecule has 1 aliphatic rings. The van der Waals surface area contributed by atoms with Crippen LogP contribution in [0.4, 0.5) is 11.4 Å². The first-order valence-electron chi connectivity index (χ1n) is 12.7. The molecule has 1 heterocycles. The van der Waals surface area contributed by atoms with Gasteiger partial charge in [-0.05, 0) is 46.9 Å². The molecule has 214 valence electrons. The molecular weight excluding hydrogens is 567 g/mol. The Kier molecular flexibility index (Phi) is 8.38. The van der Waals surface area contributed by atoms with Gasteiger partial charge < -0.3 is 19.9 Å². The van der Waals surface area contributed by atoms with E-state index in [1.165, 1.54) is 32.1 Å². The van der Waals surface area contributed by atoms with Crippen LogP contribution < -0.4 is 19.7 Å². The van der Waals surface area contributed by atoms with Gasteiger partial charge in [0.1, 0.15) is 10.8 Å². The van der Waals surface area contributed by atoms with Crippen molar-refractivity contribution in [3.8, 4) is 11.5 Å². The predicted molar refractivity (Wildman–Crippen MR) is 160 cm³/mol. The van der Waals surface area contributed by atoms with Crippen LogP contribution >= 0.6 is 23.2 Å². The van der Waals surface area contributed by atoms with Gasteiger partial charge in [0, 0.05) is 18.3 Å². The molecule has 2 N–H and O–H groups in total. The Morgan fingerprint density at radius 1 is 0.951 bits per heavy atom. The highest BCUT2D eigenvalue weighted by Gasteiger charge is 2.47. The second-order valence-electron chi connectivity index (χ2n) is 10.6. The summed E-state index contributed by atoms with van der Waals surface area (Å²) in [6, 6.07) is 14.4. The van der Waals surface area contributed by atoms with E-state index in [0.717, 1.165) is 5.56 Å². The first-order valence-corrected chi connectivity index (χ1v) is 13.4. The number of benzene rings is 3. The number of ether oxygens (including phenoxy) is 2. The molecule has 0 saturated carbocycles. The summed E-state index contributed by atoms with van der Waals surface area (Å²) in [5.74, 6) is -2.33. The van der Waals surface area contributed by atoms with Gasteiger partial charge in [-0.25, -0.2) is 0 Å². The van der Waals surface area contributed by atoms with Gasteiger partial charge in [-0.15, -0.1) is 0 Å². The van der Waals surface area contributed by atoms with E-state index in [4.69, 9.17) is 32.7 Å². The fourth-order valence-electron chi connectivity index (χ4n) is 4.78. The van der Waals surface area contributed by atoms with Crippen molar-refractivity contribution in [2.45, 2.75) is 39.2 Å². The molecule has 0 radical (unpaired) electrons. The van der Waals surface area contributed by atoms with Crippen LogP contribution in [0.2, 0.25) is 10.0 Å². The number of halogens is 2. The molecule has 1 unspecified atom stereocenters. The fraction of sp³-hybridized carbons (Fsp3) is 0.258. The summed E-state index contributed by atoms with van der Waals surface area (Å²) in [4.78, 5) is 40.0. The maximum atomic E-state index is 13.6. The van der Waals surface area contributed by atoms with E-state index < -0.39 is 23.5 Å². The van der Waals surface area contributed by atoms with Gasteiger partial charge in [0.2, 0.25) is 5.91 Å². The Bertz CT molecular complexity index is 1560. The van der Waals surface area contributed by atoms with Crippen molar-refractivity contribution in [3.05, 3.63) is 86.9 Å². The molecule has 0 aromatic heterocycles. The molecule has 8 nitrogen and oxygen atoms in total. The largest absolute Gasteiger partial charge is 0.507 e. The van der Waals surface area contributed by atoms with Crippen LogP contribution in [0.3, 0.4) is 0 Å². The van der Waals surface area contributed by atoms with Gasteiger partial charge >= 0.3 is 0 Å². The molecule has 1 fully saturated rings. The zero-order valence-electron chi connectivity index (χ0n) is 23.5. The SMILES string of the molecule is COc1c(Cl)cc(/C(O)=C2\C(=O)C(=O)N(c3ccc(NC(C)=O)cc3)C2c2ccc(C(C)(C)C)cc2)c(OC)c1Cl. The third kappa shape index (κ3) is 5.62. The second-order valence-corrected chi connectivity index (χ2v) is 11.3. The normalized spacial score (nSPS) is 16.6. The van der Waals surface area contributed by atoms with Crippen molar-refractivity contribution < 1.29 is 29.0 Å². The molecule has 1 atom stereocenters. The highest BCUT2D eigenvalue weighted by atomic mass is 35.5. The number of anilines is 2. The fourth-order valence-corrected chi connectivity index (χ4v) is 5.47. The molecule has 1 saturated heterocycles. The summed E-state index contributed by atoms with van der Waals surface area (Å²) in [6.07, 6.45) is 0. The summed E-state index contributed by atoms with van der Waals surface area (Å²) < 4.78 is 10.7. The number of aliphatic hydroxyl groups excluding tert-OH is 1. The third-order valence-electron chi connectivity index (χ3n) is 6.80. The van der Waals surface area contributed by atoms with E-state index in [0.29, 0.717) is 16.9 Å². The van der Waals surface area contributed by atoms with E-state index in [9.17, 15) is 19.5 Å². The Balaban J connectivity index is 1.96. The first kappa shape index (κ1) is 30.0. The first-order chi connectivity index (χ1) is 19.3. The monoisotopic (exact) mass is 596 g/mol. The standard InChI is InChI=1S/C31H30Cl2N2O6/c1-16(36)34-19-11-13-20(14-12-19)35-25(17-7-9-18(10-8-17)31(2,3)4)23(27(38)30(35)39)26(37)21-15-22(32)29(41-6)24(33)28(21)40-5/h7-15,25,37H,1-6H3,(H,34,36)/b26-23+. The van der Waals surface area contributed by atoms with Crippen molar-refractivity contribution >= 4 is 57.9 Å². The number of aliphatic hydroxyl groups is 1. The van der Waals surface area contributed by atoms with Gasteiger partial charge in [-0.1, -0.05) is 68.2 Å². The summed E-state index contributed by atoms with van der Waals surface area (Å²) in [6.45, 7) is 7.62. The molecule has 41 heavy (non-hydrogen) atoms. The molecule has 2 amide bonds. The van der Waals surface area contributed by atoms with Gasteiger partial charge in [0.05, 0.1) is 36.4 Å². The summed E-state index contributed by atoms with van der Waals surface area (Å²) >= 11 is 12.8. The van der Waals surface area contributed by atoms with Gasteiger partial charge in [0.15, 0.2) is 11.5 Å². The van der Waals surface area contributed by atoms with Crippen LogP contribution in [0.25, 0.3) is 5.76 Å². The Morgan fingerprint density at radius 2 is 1.54 bits per heavy atom. The minimum absolute atomic E-state index is 0.00193. The number of hydrogen-bond acceptors (Lipinski definition) is 6. The number of carbonyl (C=O) groups excluding carboxylic acids is 3. The number of hydrogen-bond donors (Lipinski definition) is 2. The topological polar surface area (TPSA) is 105 Å². The van der Waals surface area contributed by atoms with Crippen LogP contribution in [0.5, 0.6) is 11.5 Å². The number of nitrogens with zero attached hydrogens (tertiary/aromatic N) is 1.